The van der Waals surface area contributed by atoms with Crippen LogP contribution in [0.15, 0.2) is 30.3 Å². The van der Waals surface area contributed by atoms with E-state index in [2.05, 4.69) is 16.7 Å². The Morgan fingerprint density at radius 2 is 1.90 bits per heavy atom. The van der Waals surface area contributed by atoms with Crippen LogP contribution in [0.1, 0.15) is 13.8 Å². The molecule has 0 saturated carbocycles. The summed E-state index contributed by atoms with van der Waals surface area (Å²) in [6.45, 7) is 12.2. The van der Waals surface area contributed by atoms with Gasteiger partial charge in [0, 0.05) is 45.4 Å². The Labute approximate surface area is 128 Å². The van der Waals surface area contributed by atoms with Crippen LogP contribution in [0.5, 0.6) is 5.75 Å². The van der Waals surface area contributed by atoms with Gasteiger partial charge in [0.25, 0.3) is 0 Å². The molecule has 1 atom stereocenters. The average molecular weight is 292 g/mol. The second-order valence-electron chi connectivity index (χ2n) is 5.54. The molecule has 4 nitrogen and oxygen atoms in total. The third kappa shape index (κ3) is 5.65. The molecule has 118 valence electrons. The van der Waals surface area contributed by atoms with Gasteiger partial charge in [-0.25, -0.2) is 0 Å². The first kappa shape index (κ1) is 16.3. The smallest absolute Gasteiger partial charge is 0.119 e. The second-order valence-corrected chi connectivity index (χ2v) is 5.54. The molecule has 0 amide bonds. The van der Waals surface area contributed by atoms with Crippen LogP contribution < -0.4 is 4.74 Å². The third-order valence-electron chi connectivity index (χ3n) is 4.00. The minimum Gasteiger partial charge on any atom is -0.492 e. The second kappa shape index (κ2) is 9.03. The molecular weight excluding hydrogens is 264 g/mol. The van der Waals surface area contributed by atoms with Crippen LogP contribution in [0.2, 0.25) is 0 Å². The predicted molar refractivity (Wildman–Crippen MR) is 85.9 cm³/mol. The number of hydrogen-bond donors (Lipinski definition) is 0. The van der Waals surface area contributed by atoms with E-state index in [0.29, 0.717) is 6.04 Å². The topological polar surface area (TPSA) is 24.9 Å². The first-order chi connectivity index (χ1) is 10.3. The average Bonchev–Trinajstić information content (AvgIpc) is 2.51. The highest BCUT2D eigenvalue weighted by molar-refractivity contribution is 5.20. The summed E-state index contributed by atoms with van der Waals surface area (Å²) in [7, 11) is 0. The van der Waals surface area contributed by atoms with Crippen LogP contribution in [-0.2, 0) is 4.74 Å². The van der Waals surface area contributed by atoms with E-state index in [9.17, 15) is 0 Å². The summed E-state index contributed by atoms with van der Waals surface area (Å²) in [5.41, 5.74) is 0. The normalized spacial score (nSPS) is 20.6. The first-order valence-electron chi connectivity index (χ1n) is 8.01. The fraction of sp³-hybridized carbons (Fsp3) is 0.647. The minimum absolute atomic E-state index is 0.593. The van der Waals surface area contributed by atoms with E-state index in [0.717, 1.165) is 58.3 Å². The van der Waals surface area contributed by atoms with Crippen molar-refractivity contribution in [3.05, 3.63) is 30.3 Å². The van der Waals surface area contributed by atoms with Crippen molar-refractivity contribution < 1.29 is 9.47 Å². The van der Waals surface area contributed by atoms with Crippen molar-refractivity contribution in [3.63, 3.8) is 0 Å². The quantitative estimate of drug-likeness (QED) is 0.685. The Morgan fingerprint density at radius 3 is 2.62 bits per heavy atom. The Hall–Kier alpha value is -1.10. The fourth-order valence-corrected chi connectivity index (χ4v) is 2.74. The summed E-state index contributed by atoms with van der Waals surface area (Å²) in [4.78, 5) is 5.01. The van der Waals surface area contributed by atoms with Crippen molar-refractivity contribution in [1.29, 1.82) is 0 Å². The van der Waals surface area contributed by atoms with E-state index in [1.54, 1.807) is 0 Å². The van der Waals surface area contributed by atoms with Gasteiger partial charge in [-0.2, -0.15) is 0 Å². The monoisotopic (exact) mass is 292 g/mol. The Balaban J connectivity index is 1.63. The molecule has 0 radical (unpaired) electrons. The standard InChI is InChI=1S/C17H28N2O2/c1-3-20-13-12-19-10-9-18(15-16(19)2)11-14-21-17-7-5-4-6-8-17/h4-8,16H,3,9-15H2,1-2H3/t16-/m1/s1. The molecule has 1 aliphatic rings. The zero-order chi connectivity index (χ0) is 14.9. The van der Waals surface area contributed by atoms with Gasteiger partial charge in [0.15, 0.2) is 0 Å². The van der Waals surface area contributed by atoms with Crippen LogP contribution in [-0.4, -0.2) is 68.4 Å². The van der Waals surface area contributed by atoms with Gasteiger partial charge in [0.2, 0.25) is 0 Å². The molecule has 0 spiro atoms. The predicted octanol–water partition coefficient (Wildman–Crippen LogP) is 2.11. The van der Waals surface area contributed by atoms with Crippen LogP contribution in [0, 0.1) is 0 Å². The number of para-hydroxylation sites is 1. The summed E-state index contributed by atoms with van der Waals surface area (Å²) < 4.78 is 11.2. The van der Waals surface area contributed by atoms with Gasteiger partial charge < -0.3 is 9.47 Å². The molecule has 1 heterocycles. The van der Waals surface area contributed by atoms with Crippen molar-refractivity contribution in [3.8, 4) is 5.75 Å². The first-order valence-corrected chi connectivity index (χ1v) is 8.01. The maximum atomic E-state index is 5.77. The molecule has 0 unspecified atom stereocenters. The lowest BCUT2D eigenvalue weighted by Crippen LogP contribution is -2.53. The van der Waals surface area contributed by atoms with Crippen molar-refractivity contribution in [2.24, 2.45) is 0 Å². The number of hydrogen-bond acceptors (Lipinski definition) is 4. The zero-order valence-corrected chi connectivity index (χ0v) is 13.3. The maximum Gasteiger partial charge on any atom is 0.119 e. The van der Waals surface area contributed by atoms with E-state index in [1.807, 2.05) is 37.3 Å². The van der Waals surface area contributed by atoms with Crippen molar-refractivity contribution >= 4 is 0 Å². The van der Waals surface area contributed by atoms with Crippen LogP contribution in [0.3, 0.4) is 0 Å². The Bertz CT molecular complexity index is 386. The molecule has 1 saturated heterocycles. The molecule has 1 aliphatic heterocycles. The van der Waals surface area contributed by atoms with Gasteiger partial charge in [-0.3, -0.25) is 9.80 Å². The summed E-state index contributed by atoms with van der Waals surface area (Å²) >= 11 is 0. The molecule has 1 aromatic carbocycles. The van der Waals surface area contributed by atoms with E-state index in [4.69, 9.17) is 9.47 Å². The molecule has 1 aromatic rings. The number of rotatable bonds is 8. The largest absolute Gasteiger partial charge is 0.492 e. The van der Waals surface area contributed by atoms with Crippen molar-refractivity contribution in [2.75, 3.05) is 52.5 Å². The van der Waals surface area contributed by atoms with Gasteiger partial charge in [-0.15, -0.1) is 0 Å². The summed E-state index contributed by atoms with van der Waals surface area (Å²) in [5, 5.41) is 0. The highest BCUT2D eigenvalue weighted by atomic mass is 16.5. The van der Waals surface area contributed by atoms with Gasteiger partial charge in [0.1, 0.15) is 12.4 Å². The summed E-state index contributed by atoms with van der Waals surface area (Å²) in [6, 6.07) is 10.6. The zero-order valence-electron chi connectivity index (χ0n) is 13.3. The van der Waals surface area contributed by atoms with Gasteiger partial charge in [0.05, 0.1) is 6.61 Å². The highest BCUT2D eigenvalue weighted by Gasteiger charge is 2.22. The molecule has 0 aromatic heterocycles. The third-order valence-corrected chi connectivity index (χ3v) is 4.00. The minimum atomic E-state index is 0.593. The van der Waals surface area contributed by atoms with Crippen LogP contribution in [0.4, 0.5) is 0 Å². The van der Waals surface area contributed by atoms with Gasteiger partial charge >= 0.3 is 0 Å². The molecule has 0 N–H and O–H groups in total. The number of piperazine rings is 1. The molecule has 1 fully saturated rings. The molecular formula is C17H28N2O2. The molecule has 2 rings (SSSR count). The SMILES string of the molecule is CCOCCN1CCN(CCOc2ccccc2)C[C@H]1C. The van der Waals surface area contributed by atoms with E-state index in [-0.39, 0.29) is 0 Å². The Kier molecular flexibility index (Phi) is 7.00. The van der Waals surface area contributed by atoms with E-state index in [1.165, 1.54) is 0 Å². The maximum absolute atomic E-state index is 5.77. The molecule has 4 heteroatoms. The fourth-order valence-electron chi connectivity index (χ4n) is 2.74. The summed E-state index contributed by atoms with van der Waals surface area (Å²) in [6.07, 6.45) is 0. The van der Waals surface area contributed by atoms with Gasteiger partial charge in [-0.1, -0.05) is 18.2 Å². The lowest BCUT2D eigenvalue weighted by Gasteiger charge is -2.39. The highest BCUT2D eigenvalue weighted by Crippen LogP contribution is 2.11. The number of nitrogens with zero attached hydrogens (tertiary/aromatic N) is 2. The van der Waals surface area contributed by atoms with Crippen LogP contribution >= 0.6 is 0 Å². The number of ether oxygens (including phenoxy) is 2. The number of benzene rings is 1. The molecule has 21 heavy (non-hydrogen) atoms. The van der Waals surface area contributed by atoms with Crippen LogP contribution in [0.25, 0.3) is 0 Å². The van der Waals surface area contributed by atoms with Crippen molar-refractivity contribution in [2.45, 2.75) is 19.9 Å². The lowest BCUT2D eigenvalue weighted by atomic mass is 10.2. The summed E-state index contributed by atoms with van der Waals surface area (Å²) in [5.74, 6) is 0.959. The van der Waals surface area contributed by atoms with E-state index >= 15 is 0 Å². The van der Waals surface area contributed by atoms with E-state index < -0.39 is 0 Å². The van der Waals surface area contributed by atoms with Gasteiger partial charge in [-0.05, 0) is 26.0 Å². The molecule has 0 bridgehead atoms. The molecule has 0 aliphatic carbocycles. The van der Waals surface area contributed by atoms with Crippen molar-refractivity contribution in [1.82, 2.24) is 9.80 Å². The lowest BCUT2D eigenvalue weighted by molar-refractivity contribution is 0.0447. The Morgan fingerprint density at radius 1 is 1.10 bits per heavy atom.